The molecule has 0 N–H and O–H groups in total. The molecule has 0 aromatic heterocycles. The van der Waals surface area contributed by atoms with Gasteiger partial charge in [0.15, 0.2) is 0 Å². The Bertz CT molecular complexity index is 292. The van der Waals surface area contributed by atoms with Crippen LogP contribution in [0.5, 0.6) is 0 Å². The average molecular weight is 174 g/mol. The fourth-order valence-electron chi connectivity index (χ4n) is 1.23. The third-order valence-electron chi connectivity index (χ3n) is 1.73. The van der Waals surface area contributed by atoms with E-state index in [1.54, 1.807) is 0 Å². The number of benzene rings is 1. The number of hydrogen-bond acceptors (Lipinski definition) is 1. The van der Waals surface area contributed by atoms with Gasteiger partial charge in [-0.15, -0.1) is 0 Å². The molecule has 0 heterocycles. The second-order valence-corrected chi connectivity index (χ2v) is 3.38. The zero-order valence-corrected chi connectivity index (χ0v) is 8.46. The van der Waals surface area contributed by atoms with Crippen molar-refractivity contribution in [2.75, 3.05) is 19.0 Å². The molecule has 1 rings (SSSR count). The molecule has 1 nitrogen and oxygen atoms in total. The first-order chi connectivity index (χ1) is 5.66. The predicted molar refractivity (Wildman–Crippen MR) is 56.2 cm³/mol. The molecule has 0 fully saturated rings. The zero-order chi connectivity index (χ0) is 9.14. The number of rotatable bonds is 2. The SMILES string of the molecule is C=Cc1cccc([Si])c1N(C)C. The first-order valence-electron chi connectivity index (χ1n) is 3.81. The summed E-state index contributed by atoms with van der Waals surface area (Å²) in [4.78, 5) is 2.07. The Hall–Kier alpha value is -1.02. The van der Waals surface area contributed by atoms with Crippen LogP contribution >= 0.6 is 0 Å². The number of nitrogens with zero attached hydrogens (tertiary/aromatic N) is 1. The third-order valence-corrected chi connectivity index (χ3v) is 2.14. The van der Waals surface area contributed by atoms with Gasteiger partial charge in [0.2, 0.25) is 0 Å². The minimum atomic E-state index is 1.09. The Morgan fingerprint density at radius 1 is 1.42 bits per heavy atom. The second-order valence-electron chi connectivity index (χ2n) is 2.84. The number of anilines is 1. The summed E-state index contributed by atoms with van der Waals surface area (Å²) in [5, 5.41) is 1.09. The van der Waals surface area contributed by atoms with Crippen LogP contribution in [-0.2, 0) is 0 Å². The van der Waals surface area contributed by atoms with Crippen LogP contribution in [0.2, 0.25) is 0 Å². The molecule has 3 radical (unpaired) electrons. The Labute approximate surface area is 77.1 Å². The highest BCUT2D eigenvalue weighted by atomic mass is 28.1. The van der Waals surface area contributed by atoms with Crippen LogP contribution < -0.4 is 10.1 Å². The topological polar surface area (TPSA) is 3.24 Å². The van der Waals surface area contributed by atoms with E-state index in [1.807, 2.05) is 38.4 Å². The first kappa shape index (κ1) is 9.07. The molecule has 0 atom stereocenters. The van der Waals surface area contributed by atoms with E-state index >= 15 is 0 Å². The second kappa shape index (κ2) is 3.58. The van der Waals surface area contributed by atoms with Gasteiger partial charge in [0.1, 0.15) is 0 Å². The average Bonchev–Trinajstić information content (AvgIpc) is 2.03. The lowest BCUT2D eigenvalue weighted by molar-refractivity contribution is 1.14. The molecule has 0 saturated carbocycles. The van der Waals surface area contributed by atoms with Crippen molar-refractivity contribution in [3.05, 3.63) is 30.3 Å². The highest BCUT2D eigenvalue weighted by molar-refractivity contribution is 6.36. The van der Waals surface area contributed by atoms with Crippen LogP contribution in [0.15, 0.2) is 24.8 Å². The fourth-order valence-corrected chi connectivity index (χ4v) is 1.69. The van der Waals surface area contributed by atoms with Crippen molar-refractivity contribution < 1.29 is 0 Å². The van der Waals surface area contributed by atoms with E-state index in [0.717, 1.165) is 10.8 Å². The molecule has 12 heavy (non-hydrogen) atoms. The highest BCUT2D eigenvalue weighted by Gasteiger charge is 2.03. The molecule has 0 bridgehead atoms. The zero-order valence-electron chi connectivity index (χ0n) is 7.46. The molecular formula is C10H12NSi. The minimum Gasteiger partial charge on any atom is -0.377 e. The van der Waals surface area contributed by atoms with Crippen LogP contribution in [0.1, 0.15) is 5.56 Å². The summed E-state index contributed by atoms with van der Waals surface area (Å²) in [6.45, 7) is 3.77. The van der Waals surface area contributed by atoms with Crippen molar-refractivity contribution in [1.82, 2.24) is 0 Å². The lowest BCUT2D eigenvalue weighted by atomic mass is 10.1. The van der Waals surface area contributed by atoms with E-state index in [-0.39, 0.29) is 0 Å². The van der Waals surface area contributed by atoms with Gasteiger partial charge < -0.3 is 4.90 Å². The van der Waals surface area contributed by atoms with Crippen molar-refractivity contribution in [3.8, 4) is 0 Å². The van der Waals surface area contributed by atoms with Crippen molar-refractivity contribution in [1.29, 1.82) is 0 Å². The minimum absolute atomic E-state index is 1.09. The molecule has 1 aromatic carbocycles. The summed E-state index contributed by atoms with van der Waals surface area (Å²) in [6, 6.07) is 6.08. The number of para-hydroxylation sites is 1. The molecule has 0 aliphatic heterocycles. The Kier molecular flexibility index (Phi) is 2.71. The molecule has 0 unspecified atom stereocenters. The van der Waals surface area contributed by atoms with Gasteiger partial charge in [-0.3, -0.25) is 0 Å². The van der Waals surface area contributed by atoms with Gasteiger partial charge in [-0.2, -0.15) is 0 Å². The van der Waals surface area contributed by atoms with E-state index in [4.69, 9.17) is 0 Å². The van der Waals surface area contributed by atoms with Gasteiger partial charge in [0.05, 0.1) is 10.2 Å². The van der Waals surface area contributed by atoms with Gasteiger partial charge >= 0.3 is 0 Å². The Balaban J connectivity index is 3.29. The van der Waals surface area contributed by atoms with E-state index in [9.17, 15) is 0 Å². The Morgan fingerprint density at radius 3 is 2.50 bits per heavy atom. The van der Waals surface area contributed by atoms with Gasteiger partial charge in [0.25, 0.3) is 0 Å². The molecule has 0 aliphatic carbocycles. The fraction of sp³-hybridized carbons (Fsp3) is 0.200. The maximum atomic E-state index is 3.77. The van der Waals surface area contributed by atoms with Gasteiger partial charge in [-0.05, 0) is 10.8 Å². The van der Waals surface area contributed by atoms with Crippen LogP contribution in [-0.4, -0.2) is 24.3 Å². The smallest absolute Gasteiger partial charge is 0.0741 e. The summed E-state index contributed by atoms with van der Waals surface area (Å²) in [5.74, 6) is 0. The van der Waals surface area contributed by atoms with Crippen LogP contribution in [0, 0.1) is 0 Å². The molecule has 0 saturated heterocycles. The highest BCUT2D eigenvalue weighted by Crippen LogP contribution is 2.15. The molecule has 1 aromatic rings. The lowest BCUT2D eigenvalue weighted by Crippen LogP contribution is -2.20. The van der Waals surface area contributed by atoms with Crippen molar-refractivity contribution in [2.45, 2.75) is 0 Å². The summed E-state index contributed by atoms with van der Waals surface area (Å²) in [7, 11) is 7.59. The third kappa shape index (κ3) is 1.59. The summed E-state index contributed by atoms with van der Waals surface area (Å²) in [5.41, 5.74) is 2.32. The Morgan fingerprint density at radius 2 is 2.08 bits per heavy atom. The van der Waals surface area contributed by atoms with Crippen LogP contribution in [0.25, 0.3) is 6.08 Å². The van der Waals surface area contributed by atoms with E-state index in [2.05, 4.69) is 21.7 Å². The molecular weight excluding hydrogens is 162 g/mol. The number of hydrogen-bond donors (Lipinski definition) is 0. The van der Waals surface area contributed by atoms with E-state index in [0.29, 0.717) is 0 Å². The van der Waals surface area contributed by atoms with Crippen molar-refractivity contribution >= 4 is 27.2 Å². The quantitative estimate of drug-likeness (QED) is 0.609. The van der Waals surface area contributed by atoms with Crippen LogP contribution in [0.3, 0.4) is 0 Å². The van der Waals surface area contributed by atoms with E-state index in [1.165, 1.54) is 5.69 Å². The summed E-state index contributed by atoms with van der Waals surface area (Å²) >= 11 is 0. The predicted octanol–water partition coefficient (Wildman–Crippen LogP) is 1.19. The summed E-state index contributed by atoms with van der Waals surface area (Å²) in [6.07, 6.45) is 1.86. The standard InChI is InChI=1S/C10H12NSi/c1-4-8-6-5-7-9(12)10(8)11(2)3/h4-7H,1H2,2-3H3. The van der Waals surface area contributed by atoms with Gasteiger partial charge in [0, 0.05) is 19.8 Å². The molecule has 0 aliphatic rings. The van der Waals surface area contributed by atoms with Gasteiger partial charge in [-0.25, -0.2) is 0 Å². The van der Waals surface area contributed by atoms with Crippen LogP contribution in [0.4, 0.5) is 5.69 Å². The molecule has 0 spiro atoms. The summed E-state index contributed by atoms with van der Waals surface area (Å²) < 4.78 is 0. The first-order valence-corrected chi connectivity index (χ1v) is 4.31. The van der Waals surface area contributed by atoms with Gasteiger partial charge in [-0.1, -0.05) is 30.9 Å². The molecule has 61 valence electrons. The maximum Gasteiger partial charge on any atom is 0.0741 e. The normalized spacial score (nSPS) is 9.58. The molecule has 2 heteroatoms. The molecule has 0 amide bonds. The largest absolute Gasteiger partial charge is 0.377 e. The van der Waals surface area contributed by atoms with Crippen molar-refractivity contribution in [2.24, 2.45) is 0 Å². The lowest BCUT2D eigenvalue weighted by Gasteiger charge is -2.18. The monoisotopic (exact) mass is 174 g/mol. The van der Waals surface area contributed by atoms with Crippen molar-refractivity contribution in [3.63, 3.8) is 0 Å². The van der Waals surface area contributed by atoms with E-state index < -0.39 is 0 Å². The maximum absolute atomic E-state index is 3.77.